The van der Waals surface area contributed by atoms with E-state index < -0.39 is 0 Å². The number of carbonyl (C=O) groups is 1. The lowest BCUT2D eigenvalue weighted by atomic mass is 10.1. The number of hydrogen-bond acceptors (Lipinski definition) is 3. The highest BCUT2D eigenvalue weighted by Crippen LogP contribution is 2.23. The third-order valence-corrected chi connectivity index (χ3v) is 4.06. The molecule has 1 amide bonds. The lowest BCUT2D eigenvalue weighted by molar-refractivity contribution is -0.121. The monoisotopic (exact) mass is 364 g/mol. The first kappa shape index (κ1) is 18.6. The predicted molar refractivity (Wildman–Crippen MR) is 102 cm³/mol. The van der Waals surface area contributed by atoms with E-state index in [1.54, 1.807) is 24.4 Å². The molecule has 0 aliphatic carbocycles. The maximum atomic E-state index is 13.3. The number of ether oxygens (including phenoxy) is 1. The zero-order valence-electron chi connectivity index (χ0n) is 15.1. The number of rotatable bonds is 7. The van der Waals surface area contributed by atoms with E-state index in [2.05, 4.69) is 16.4 Å². The summed E-state index contributed by atoms with van der Waals surface area (Å²) in [6.07, 6.45) is 2.69. The summed E-state index contributed by atoms with van der Waals surface area (Å²) in [7, 11) is 0. The van der Waals surface area contributed by atoms with Crippen molar-refractivity contribution in [1.82, 2.24) is 10.3 Å². The molecule has 138 valence electrons. The summed E-state index contributed by atoms with van der Waals surface area (Å²) >= 11 is 0. The maximum Gasteiger partial charge on any atom is 0.224 e. The van der Waals surface area contributed by atoms with Gasteiger partial charge in [0.2, 0.25) is 11.8 Å². The van der Waals surface area contributed by atoms with E-state index in [0.29, 0.717) is 31.0 Å². The molecule has 0 aliphatic rings. The zero-order chi connectivity index (χ0) is 19.1. The van der Waals surface area contributed by atoms with Gasteiger partial charge in [0.15, 0.2) is 0 Å². The molecule has 0 fully saturated rings. The van der Waals surface area contributed by atoms with Gasteiger partial charge in [-0.2, -0.15) is 0 Å². The average Bonchev–Trinajstić information content (AvgIpc) is 2.66. The normalized spacial score (nSPS) is 10.4. The van der Waals surface area contributed by atoms with E-state index in [9.17, 15) is 9.18 Å². The fourth-order valence-electron chi connectivity index (χ4n) is 2.70. The minimum atomic E-state index is -0.380. The fraction of sp³-hybridized carbons (Fsp3) is 0.182. The van der Waals surface area contributed by atoms with Crippen LogP contribution in [0.3, 0.4) is 0 Å². The van der Waals surface area contributed by atoms with Crippen LogP contribution in [0.25, 0.3) is 0 Å². The van der Waals surface area contributed by atoms with Crippen molar-refractivity contribution in [2.45, 2.75) is 26.3 Å². The highest BCUT2D eigenvalue weighted by Gasteiger charge is 2.09. The van der Waals surface area contributed by atoms with Crippen molar-refractivity contribution in [2.75, 3.05) is 0 Å². The smallest absolute Gasteiger partial charge is 0.224 e. The molecular formula is C22H21FN2O2. The number of nitrogens with one attached hydrogen (secondary N) is 1. The van der Waals surface area contributed by atoms with E-state index in [1.165, 1.54) is 17.7 Å². The minimum absolute atomic E-state index is 0.0444. The van der Waals surface area contributed by atoms with E-state index in [4.69, 9.17) is 4.74 Å². The number of aromatic nitrogens is 1. The molecule has 1 aromatic heterocycles. The van der Waals surface area contributed by atoms with Crippen LogP contribution in [0.15, 0.2) is 66.9 Å². The van der Waals surface area contributed by atoms with Gasteiger partial charge in [-0.3, -0.25) is 4.79 Å². The van der Waals surface area contributed by atoms with Gasteiger partial charge in [-0.05, 0) is 37.1 Å². The van der Waals surface area contributed by atoms with Crippen LogP contribution in [0.4, 0.5) is 4.39 Å². The number of carbonyl (C=O) groups excluding carboxylic acids is 1. The molecule has 0 unspecified atom stereocenters. The third-order valence-electron chi connectivity index (χ3n) is 4.06. The molecule has 0 saturated heterocycles. The Morgan fingerprint density at radius 1 is 1.11 bits per heavy atom. The Balaban J connectivity index is 1.57. The Morgan fingerprint density at radius 2 is 1.96 bits per heavy atom. The van der Waals surface area contributed by atoms with Crippen LogP contribution in [-0.4, -0.2) is 10.9 Å². The van der Waals surface area contributed by atoms with Crippen LogP contribution >= 0.6 is 0 Å². The average molecular weight is 364 g/mol. The molecule has 4 nitrogen and oxygen atoms in total. The first-order valence-corrected chi connectivity index (χ1v) is 8.80. The second kappa shape index (κ2) is 8.94. The topological polar surface area (TPSA) is 51.2 Å². The van der Waals surface area contributed by atoms with Gasteiger partial charge in [0.25, 0.3) is 0 Å². The van der Waals surface area contributed by atoms with Crippen molar-refractivity contribution in [3.05, 3.63) is 89.4 Å². The van der Waals surface area contributed by atoms with Crippen molar-refractivity contribution < 1.29 is 13.9 Å². The van der Waals surface area contributed by atoms with Crippen LogP contribution in [0.2, 0.25) is 0 Å². The van der Waals surface area contributed by atoms with Gasteiger partial charge in [0.1, 0.15) is 11.6 Å². The predicted octanol–water partition coefficient (Wildman–Crippen LogP) is 4.57. The summed E-state index contributed by atoms with van der Waals surface area (Å²) in [5, 5.41) is 2.89. The molecule has 3 rings (SSSR count). The number of benzene rings is 2. The van der Waals surface area contributed by atoms with Crippen LogP contribution in [-0.2, 0) is 17.8 Å². The Hall–Kier alpha value is -3.21. The zero-order valence-corrected chi connectivity index (χ0v) is 15.1. The Bertz CT molecular complexity index is 927. The summed E-state index contributed by atoms with van der Waals surface area (Å²) in [6, 6.07) is 17.6. The SMILES string of the molecule is Cc1cccc(CCC(=O)NCc2cccnc2Oc2cccc(F)c2)c1. The molecule has 0 aliphatic heterocycles. The first-order chi connectivity index (χ1) is 13.1. The van der Waals surface area contributed by atoms with Crippen molar-refractivity contribution in [3.8, 4) is 11.6 Å². The molecule has 0 atom stereocenters. The Labute approximate surface area is 158 Å². The second-order valence-electron chi connectivity index (χ2n) is 6.29. The number of aryl methyl sites for hydroxylation is 2. The standard InChI is InChI=1S/C22H21FN2O2/c1-16-5-2-6-17(13-16)10-11-21(26)25-15-18-7-4-12-24-22(18)27-20-9-3-8-19(23)14-20/h2-9,12-14H,10-11,15H2,1H3,(H,25,26). The van der Waals surface area contributed by atoms with Gasteiger partial charge in [0.05, 0.1) is 0 Å². The highest BCUT2D eigenvalue weighted by atomic mass is 19.1. The largest absolute Gasteiger partial charge is 0.439 e. The van der Waals surface area contributed by atoms with Crippen LogP contribution in [0.5, 0.6) is 11.6 Å². The molecule has 27 heavy (non-hydrogen) atoms. The molecule has 0 spiro atoms. The lowest BCUT2D eigenvalue weighted by Crippen LogP contribution is -2.23. The Morgan fingerprint density at radius 3 is 2.78 bits per heavy atom. The highest BCUT2D eigenvalue weighted by molar-refractivity contribution is 5.76. The van der Waals surface area contributed by atoms with Crippen LogP contribution < -0.4 is 10.1 Å². The molecule has 1 N–H and O–H groups in total. The van der Waals surface area contributed by atoms with Crippen molar-refractivity contribution >= 4 is 5.91 Å². The maximum absolute atomic E-state index is 13.3. The fourth-order valence-corrected chi connectivity index (χ4v) is 2.70. The number of pyridine rings is 1. The summed E-state index contributed by atoms with van der Waals surface area (Å²) < 4.78 is 19.0. The summed E-state index contributed by atoms with van der Waals surface area (Å²) in [4.78, 5) is 16.4. The molecule has 2 aromatic carbocycles. The van der Waals surface area contributed by atoms with Gasteiger partial charge >= 0.3 is 0 Å². The molecular weight excluding hydrogens is 343 g/mol. The number of halogens is 1. The van der Waals surface area contributed by atoms with Crippen molar-refractivity contribution in [3.63, 3.8) is 0 Å². The van der Waals surface area contributed by atoms with Crippen molar-refractivity contribution in [1.29, 1.82) is 0 Å². The van der Waals surface area contributed by atoms with Gasteiger partial charge in [0, 0.05) is 30.8 Å². The molecule has 0 radical (unpaired) electrons. The second-order valence-corrected chi connectivity index (χ2v) is 6.29. The van der Waals surface area contributed by atoms with E-state index in [-0.39, 0.29) is 11.7 Å². The third kappa shape index (κ3) is 5.64. The molecule has 0 bridgehead atoms. The molecule has 0 saturated carbocycles. The number of hydrogen-bond donors (Lipinski definition) is 1. The number of nitrogens with zero attached hydrogens (tertiary/aromatic N) is 1. The molecule has 1 heterocycles. The summed E-state index contributed by atoms with van der Waals surface area (Å²) in [6.45, 7) is 2.33. The molecule has 5 heteroatoms. The Kier molecular flexibility index (Phi) is 6.15. The summed E-state index contributed by atoms with van der Waals surface area (Å²) in [5.41, 5.74) is 3.05. The van der Waals surface area contributed by atoms with Gasteiger partial charge < -0.3 is 10.1 Å². The minimum Gasteiger partial charge on any atom is -0.439 e. The van der Waals surface area contributed by atoms with E-state index in [1.807, 2.05) is 31.2 Å². The summed E-state index contributed by atoms with van der Waals surface area (Å²) in [5.74, 6) is 0.286. The van der Waals surface area contributed by atoms with Gasteiger partial charge in [-0.1, -0.05) is 42.0 Å². The lowest BCUT2D eigenvalue weighted by Gasteiger charge is -2.11. The van der Waals surface area contributed by atoms with Crippen LogP contribution in [0, 0.1) is 12.7 Å². The van der Waals surface area contributed by atoms with E-state index >= 15 is 0 Å². The quantitative estimate of drug-likeness (QED) is 0.668. The molecule has 3 aromatic rings. The van der Waals surface area contributed by atoms with E-state index in [0.717, 1.165) is 11.1 Å². The van der Waals surface area contributed by atoms with Crippen LogP contribution in [0.1, 0.15) is 23.1 Å². The number of amides is 1. The van der Waals surface area contributed by atoms with Gasteiger partial charge in [-0.15, -0.1) is 0 Å². The first-order valence-electron chi connectivity index (χ1n) is 8.80. The van der Waals surface area contributed by atoms with Crippen molar-refractivity contribution in [2.24, 2.45) is 0 Å². The van der Waals surface area contributed by atoms with Gasteiger partial charge in [-0.25, -0.2) is 9.37 Å².